The molecule has 1 aromatic heterocycles. The first-order valence-electron chi connectivity index (χ1n) is 15.1. The molecule has 2 N–H and O–H groups in total. The van der Waals surface area contributed by atoms with E-state index < -0.39 is 0 Å². The second kappa shape index (κ2) is 16.5. The number of carbonyl (C=O) groups is 1. The monoisotopic (exact) mass is 621 g/mol. The summed E-state index contributed by atoms with van der Waals surface area (Å²) in [4.78, 5) is 43.3. The van der Waals surface area contributed by atoms with Gasteiger partial charge in [-0.25, -0.2) is 0 Å². The van der Waals surface area contributed by atoms with E-state index in [0.29, 0.717) is 102 Å². The Morgan fingerprint density at radius 2 is 1.38 bits per heavy atom. The summed E-state index contributed by atoms with van der Waals surface area (Å²) >= 11 is 0. The molecule has 2 fully saturated rings. The maximum Gasteiger partial charge on any atom is 0.269 e. The minimum atomic E-state index is -0.389. The second-order valence-corrected chi connectivity index (χ2v) is 10.4. The summed E-state index contributed by atoms with van der Waals surface area (Å²) in [5, 5.41) is 17.1. The zero-order valence-corrected chi connectivity index (χ0v) is 25.2. The highest BCUT2D eigenvalue weighted by Crippen LogP contribution is 2.23. The molecule has 0 bridgehead atoms. The lowest BCUT2D eigenvalue weighted by Crippen LogP contribution is -2.47. The Kier molecular flexibility index (Phi) is 11.6. The average Bonchev–Trinajstić information content (AvgIpc) is 3.09. The Bertz CT molecular complexity index is 1370. The van der Waals surface area contributed by atoms with Gasteiger partial charge in [0.15, 0.2) is 0 Å². The van der Waals surface area contributed by atoms with Gasteiger partial charge >= 0.3 is 0 Å². The Labute approximate surface area is 261 Å². The van der Waals surface area contributed by atoms with Crippen LogP contribution in [-0.4, -0.2) is 118 Å². The van der Waals surface area contributed by atoms with Crippen LogP contribution in [-0.2, 0) is 14.2 Å². The van der Waals surface area contributed by atoms with Gasteiger partial charge in [0.25, 0.3) is 11.6 Å². The van der Waals surface area contributed by atoms with Gasteiger partial charge in [0.1, 0.15) is 0 Å². The number of morpholine rings is 1. The predicted molar refractivity (Wildman–Crippen MR) is 169 cm³/mol. The minimum absolute atomic E-state index is 0.0819. The molecule has 0 radical (unpaired) electrons. The summed E-state index contributed by atoms with van der Waals surface area (Å²) in [5.74, 6) is 1.57. The Morgan fingerprint density at radius 3 is 2.02 bits per heavy atom. The first kappa shape index (κ1) is 31.8. The summed E-state index contributed by atoms with van der Waals surface area (Å²) < 4.78 is 16.8. The Balaban J connectivity index is 1.06. The predicted octanol–water partition coefficient (Wildman–Crippen LogP) is 1.82. The lowest BCUT2D eigenvalue weighted by molar-refractivity contribution is -0.384. The van der Waals surface area contributed by atoms with E-state index in [1.807, 2.05) is 18.2 Å². The Morgan fingerprint density at radius 1 is 0.778 bits per heavy atom. The molecular formula is C30H39N9O6. The van der Waals surface area contributed by atoms with Crippen molar-refractivity contribution in [3.63, 3.8) is 0 Å². The molecule has 15 nitrogen and oxygen atoms in total. The largest absolute Gasteiger partial charge is 0.378 e. The van der Waals surface area contributed by atoms with Crippen LogP contribution in [0.3, 0.4) is 0 Å². The van der Waals surface area contributed by atoms with Gasteiger partial charge in [0.05, 0.1) is 44.6 Å². The molecular weight excluding hydrogens is 582 g/mol. The summed E-state index contributed by atoms with van der Waals surface area (Å²) in [6.45, 7) is 8.12. The molecule has 2 aliphatic rings. The normalized spacial score (nSPS) is 15.2. The van der Waals surface area contributed by atoms with E-state index in [4.69, 9.17) is 24.2 Å². The molecule has 45 heavy (non-hydrogen) atoms. The van der Waals surface area contributed by atoms with E-state index >= 15 is 0 Å². The van der Waals surface area contributed by atoms with Gasteiger partial charge in [-0.15, -0.1) is 0 Å². The third kappa shape index (κ3) is 9.44. The number of nitro benzene ring substituents is 1. The fourth-order valence-electron chi connectivity index (χ4n) is 4.91. The standard InChI is InChI=1S/C30H39N9O6/c40-27(24-4-2-1-3-5-24)31-10-18-43-22-23-44-19-11-32-28-33-29(35-30(34-28)38-16-20-45-21-17-38)37-14-12-36(13-15-37)25-6-8-26(9-7-25)39(41)42/h1-9H,10-23H2,(H,31,40)(H,32,33,34,35). The smallest absolute Gasteiger partial charge is 0.269 e. The van der Waals surface area contributed by atoms with E-state index in [0.717, 1.165) is 18.8 Å². The van der Waals surface area contributed by atoms with Crippen molar-refractivity contribution in [3.8, 4) is 0 Å². The maximum atomic E-state index is 12.0. The van der Waals surface area contributed by atoms with Crippen molar-refractivity contribution in [2.75, 3.05) is 112 Å². The number of piperazine rings is 1. The van der Waals surface area contributed by atoms with Crippen molar-refractivity contribution in [1.29, 1.82) is 0 Å². The summed E-state index contributed by atoms with van der Waals surface area (Å²) in [6.07, 6.45) is 0. The molecule has 5 rings (SSSR count). The van der Waals surface area contributed by atoms with Crippen molar-refractivity contribution in [1.82, 2.24) is 20.3 Å². The number of benzene rings is 2. The molecule has 3 aromatic rings. The molecule has 0 aliphatic carbocycles. The van der Waals surface area contributed by atoms with Gasteiger partial charge in [0.2, 0.25) is 17.8 Å². The van der Waals surface area contributed by atoms with Gasteiger partial charge < -0.3 is 39.5 Å². The highest BCUT2D eigenvalue weighted by atomic mass is 16.6. The zero-order valence-electron chi connectivity index (χ0n) is 25.2. The fraction of sp³-hybridized carbons (Fsp3) is 0.467. The third-order valence-corrected chi connectivity index (χ3v) is 7.36. The van der Waals surface area contributed by atoms with Crippen LogP contribution >= 0.6 is 0 Å². The molecule has 0 saturated carbocycles. The lowest BCUT2D eigenvalue weighted by atomic mass is 10.2. The van der Waals surface area contributed by atoms with E-state index in [-0.39, 0.29) is 16.5 Å². The number of amides is 1. The highest BCUT2D eigenvalue weighted by molar-refractivity contribution is 5.94. The van der Waals surface area contributed by atoms with Gasteiger partial charge in [-0.1, -0.05) is 18.2 Å². The summed E-state index contributed by atoms with van der Waals surface area (Å²) in [7, 11) is 0. The van der Waals surface area contributed by atoms with Gasteiger partial charge in [0, 0.05) is 75.7 Å². The molecule has 2 aromatic carbocycles. The number of nitro groups is 1. The first-order chi connectivity index (χ1) is 22.1. The summed E-state index contributed by atoms with van der Waals surface area (Å²) in [5.41, 5.74) is 1.66. The molecule has 240 valence electrons. The number of rotatable bonds is 15. The number of anilines is 4. The minimum Gasteiger partial charge on any atom is -0.378 e. The SMILES string of the molecule is O=C(NCCOCCOCCNc1nc(N2CCOCC2)nc(N2CCN(c3ccc([N+](=O)[O-])cc3)CC2)n1)c1ccccc1. The zero-order chi connectivity index (χ0) is 31.3. The first-order valence-corrected chi connectivity index (χ1v) is 15.1. The number of ether oxygens (including phenoxy) is 3. The average molecular weight is 622 g/mol. The van der Waals surface area contributed by atoms with Crippen LogP contribution in [0.2, 0.25) is 0 Å². The number of aromatic nitrogens is 3. The number of hydrogen-bond donors (Lipinski definition) is 2. The molecule has 3 heterocycles. The number of non-ortho nitro benzene ring substituents is 1. The van der Waals surface area contributed by atoms with E-state index in [9.17, 15) is 14.9 Å². The van der Waals surface area contributed by atoms with Crippen LogP contribution < -0.4 is 25.3 Å². The Hall–Kier alpha value is -4.60. The molecule has 0 unspecified atom stereocenters. The van der Waals surface area contributed by atoms with Crippen LogP contribution in [0.4, 0.5) is 29.2 Å². The van der Waals surface area contributed by atoms with Crippen LogP contribution in [0.15, 0.2) is 54.6 Å². The lowest BCUT2D eigenvalue weighted by Gasteiger charge is -2.36. The van der Waals surface area contributed by atoms with Crippen molar-refractivity contribution >= 4 is 35.1 Å². The molecule has 2 saturated heterocycles. The molecule has 2 aliphatic heterocycles. The van der Waals surface area contributed by atoms with Crippen LogP contribution in [0.1, 0.15) is 10.4 Å². The number of nitrogens with one attached hydrogen (secondary N) is 2. The fourth-order valence-corrected chi connectivity index (χ4v) is 4.91. The van der Waals surface area contributed by atoms with Crippen LogP contribution in [0.25, 0.3) is 0 Å². The third-order valence-electron chi connectivity index (χ3n) is 7.36. The number of carbonyl (C=O) groups excluding carboxylic acids is 1. The molecule has 0 atom stereocenters. The second-order valence-electron chi connectivity index (χ2n) is 10.4. The van der Waals surface area contributed by atoms with Crippen LogP contribution in [0.5, 0.6) is 0 Å². The quantitative estimate of drug-likeness (QED) is 0.144. The van der Waals surface area contributed by atoms with Crippen molar-refractivity contribution in [3.05, 3.63) is 70.3 Å². The molecule has 0 spiro atoms. The van der Waals surface area contributed by atoms with E-state index in [1.54, 1.807) is 24.3 Å². The van der Waals surface area contributed by atoms with E-state index in [1.165, 1.54) is 12.1 Å². The van der Waals surface area contributed by atoms with Gasteiger partial charge in [-0.05, 0) is 24.3 Å². The van der Waals surface area contributed by atoms with E-state index in [2.05, 4.69) is 30.3 Å². The molecule has 15 heteroatoms. The van der Waals surface area contributed by atoms with Gasteiger partial charge in [-0.2, -0.15) is 15.0 Å². The highest BCUT2D eigenvalue weighted by Gasteiger charge is 2.23. The maximum absolute atomic E-state index is 12.0. The van der Waals surface area contributed by atoms with Crippen LogP contribution in [0, 0.1) is 10.1 Å². The van der Waals surface area contributed by atoms with Crippen molar-refractivity contribution < 1.29 is 23.9 Å². The summed E-state index contributed by atoms with van der Waals surface area (Å²) in [6, 6.07) is 15.7. The van der Waals surface area contributed by atoms with Crippen molar-refractivity contribution in [2.24, 2.45) is 0 Å². The number of hydrogen-bond acceptors (Lipinski definition) is 13. The van der Waals surface area contributed by atoms with Crippen molar-refractivity contribution in [2.45, 2.75) is 0 Å². The molecule has 1 amide bonds. The van der Waals surface area contributed by atoms with Gasteiger partial charge in [-0.3, -0.25) is 14.9 Å². The topological polar surface area (TPSA) is 160 Å². The number of nitrogens with zero attached hydrogens (tertiary/aromatic N) is 7.